The lowest BCUT2D eigenvalue weighted by atomic mass is 10.2. The summed E-state index contributed by atoms with van der Waals surface area (Å²) in [7, 11) is 3.08. The third-order valence-electron chi connectivity index (χ3n) is 3.70. The molecule has 0 unspecified atom stereocenters. The Bertz CT molecular complexity index is 933. The minimum Gasteiger partial charge on any atom is -0.497 e. The predicted molar refractivity (Wildman–Crippen MR) is 94.6 cm³/mol. The van der Waals surface area contributed by atoms with E-state index in [1.165, 1.54) is 23.9 Å². The first-order valence-corrected chi connectivity index (χ1v) is 8.52. The zero-order valence-corrected chi connectivity index (χ0v) is 14.9. The Balaban J connectivity index is 1.85. The Hall–Kier alpha value is -2.81. The van der Waals surface area contributed by atoms with Crippen LogP contribution in [-0.4, -0.2) is 29.1 Å². The van der Waals surface area contributed by atoms with Crippen LogP contribution in [0.25, 0.3) is 11.4 Å². The van der Waals surface area contributed by atoms with Gasteiger partial charge >= 0.3 is 0 Å². The molecule has 2 aromatic carbocycles. The molecule has 26 heavy (non-hydrogen) atoms. The monoisotopic (exact) mass is 378 g/mol. The lowest BCUT2D eigenvalue weighted by molar-refractivity contribution is 0.395. The van der Waals surface area contributed by atoms with Crippen LogP contribution >= 0.6 is 11.8 Å². The van der Waals surface area contributed by atoms with E-state index in [4.69, 9.17) is 15.3 Å². The zero-order chi connectivity index (χ0) is 18.7. The number of ether oxygens (including phenoxy) is 2. The molecule has 0 aliphatic heterocycles. The highest BCUT2D eigenvalue weighted by atomic mass is 32.2. The number of nitrogen functional groups attached to an aromatic ring is 1. The second-order valence-corrected chi connectivity index (χ2v) is 6.19. The number of halogens is 2. The van der Waals surface area contributed by atoms with Gasteiger partial charge in [0.05, 0.1) is 19.8 Å². The van der Waals surface area contributed by atoms with Gasteiger partial charge in [-0.1, -0.05) is 23.9 Å². The molecule has 0 radical (unpaired) electrons. The van der Waals surface area contributed by atoms with Crippen LogP contribution in [0.5, 0.6) is 11.5 Å². The van der Waals surface area contributed by atoms with E-state index in [0.717, 1.165) is 17.8 Å². The molecule has 0 aliphatic rings. The number of hydrogen-bond acceptors (Lipinski definition) is 6. The Kier molecular flexibility index (Phi) is 5.27. The van der Waals surface area contributed by atoms with Gasteiger partial charge in [-0.25, -0.2) is 13.5 Å². The smallest absolute Gasteiger partial charge is 0.210 e. The lowest BCUT2D eigenvalue weighted by Crippen LogP contribution is -2.12. The molecule has 0 bridgehead atoms. The highest BCUT2D eigenvalue weighted by Crippen LogP contribution is 2.33. The van der Waals surface area contributed by atoms with Gasteiger partial charge in [-0.3, -0.25) is 0 Å². The molecule has 0 aliphatic carbocycles. The molecule has 3 aromatic rings. The molecule has 136 valence electrons. The number of benzene rings is 2. The molecule has 2 N–H and O–H groups in total. The van der Waals surface area contributed by atoms with E-state index in [9.17, 15) is 8.78 Å². The average molecular weight is 378 g/mol. The Labute approximate surface area is 152 Å². The summed E-state index contributed by atoms with van der Waals surface area (Å²) < 4.78 is 38.8. The van der Waals surface area contributed by atoms with E-state index < -0.39 is 11.6 Å². The normalized spacial score (nSPS) is 10.8. The first-order chi connectivity index (χ1) is 12.5. The number of hydrogen-bond donors (Lipinski definition) is 1. The molecule has 1 aromatic heterocycles. The van der Waals surface area contributed by atoms with E-state index >= 15 is 0 Å². The topological polar surface area (TPSA) is 75.2 Å². The third kappa shape index (κ3) is 3.43. The van der Waals surface area contributed by atoms with Crippen molar-refractivity contribution in [2.45, 2.75) is 10.9 Å². The van der Waals surface area contributed by atoms with Gasteiger partial charge in [0.15, 0.2) is 17.5 Å². The van der Waals surface area contributed by atoms with Crippen LogP contribution in [-0.2, 0) is 5.75 Å². The molecule has 9 heteroatoms. The highest BCUT2D eigenvalue weighted by molar-refractivity contribution is 7.98. The summed E-state index contributed by atoms with van der Waals surface area (Å²) in [6, 6.07) is 9.25. The van der Waals surface area contributed by atoms with Gasteiger partial charge in [-0.05, 0) is 18.2 Å². The summed E-state index contributed by atoms with van der Waals surface area (Å²) in [6.45, 7) is 0. The van der Waals surface area contributed by atoms with Crippen LogP contribution in [0.3, 0.4) is 0 Å². The predicted octanol–water partition coefficient (Wildman–Crippen LogP) is 3.25. The summed E-state index contributed by atoms with van der Waals surface area (Å²) in [6.07, 6.45) is 0. The largest absolute Gasteiger partial charge is 0.497 e. The first-order valence-electron chi connectivity index (χ1n) is 7.53. The number of aromatic nitrogens is 3. The van der Waals surface area contributed by atoms with Crippen LogP contribution in [0.1, 0.15) is 5.56 Å². The molecule has 1 heterocycles. The van der Waals surface area contributed by atoms with Crippen LogP contribution in [0, 0.1) is 11.6 Å². The molecule has 0 saturated carbocycles. The summed E-state index contributed by atoms with van der Waals surface area (Å²) >= 11 is 1.15. The van der Waals surface area contributed by atoms with Crippen molar-refractivity contribution in [2.24, 2.45) is 0 Å². The quantitative estimate of drug-likeness (QED) is 0.524. The third-order valence-corrected chi connectivity index (χ3v) is 4.69. The van der Waals surface area contributed by atoms with E-state index in [1.807, 2.05) is 0 Å². The van der Waals surface area contributed by atoms with Crippen molar-refractivity contribution < 1.29 is 18.3 Å². The second-order valence-electron chi connectivity index (χ2n) is 5.24. The number of rotatable bonds is 6. The van der Waals surface area contributed by atoms with Gasteiger partial charge in [-0.2, -0.15) is 0 Å². The molecule has 6 nitrogen and oxygen atoms in total. The fraction of sp³-hybridized carbons (Fsp3) is 0.176. The van der Waals surface area contributed by atoms with Gasteiger partial charge in [-0.15, -0.1) is 10.2 Å². The van der Waals surface area contributed by atoms with Gasteiger partial charge in [0, 0.05) is 17.4 Å². The van der Waals surface area contributed by atoms with E-state index in [2.05, 4.69) is 10.2 Å². The fourth-order valence-corrected chi connectivity index (χ4v) is 3.18. The van der Waals surface area contributed by atoms with Crippen LogP contribution in [0.15, 0.2) is 41.6 Å². The van der Waals surface area contributed by atoms with Crippen molar-refractivity contribution >= 4 is 11.8 Å². The minimum absolute atomic E-state index is 0.165. The first kappa shape index (κ1) is 18.0. The summed E-state index contributed by atoms with van der Waals surface area (Å²) in [5.74, 6) is 6.02. The van der Waals surface area contributed by atoms with Crippen molar-refractivity contribution in [2.75, 3.05) is 20.1 Å². The second kappa shape index (κ2) is 7.61. The number of nitrogens with two attached hydrogens (primary N) is 1. The van der Waals surface area contributed by atoms with Crippen LogP contribution in [0.2, 0.25) is 0 Å². The molecule has 3 rings (SSSR count). The summed E-state index contributed by atoms with van der Waals surface area (Å²) in [5, 5.41) is 8.47. The van der Waals surface area contributed by atoms with Gasteiger partial charge in [0.1, 0.15) is 11.5 Å². The van der Waals surface area contributed by atoms with Crippen LogP contribution < -0.4 is 15.3 Å². The van der Waals surface area contributed by atoms with Crippen molar-refractivity contribution in [3.05, 3.63) is 53.6 Å². The molecule has 0 amide bonds. The van der Waals surface area contributed by atoms with Gasteiger partial charge in [0.25, 0.3) is 0 Å². The zero-order valence-electron chi connectivity index (χ0n) is 14.1. The van der Waals surface area contributed by atoms with Crippen molar-refractivity contribution in [1.82, 2.24) is 14.9 Å². The standard InChI is InChI=1S/C17H16F2N4O2S/c1-24-11-6-7-12(14(8-11)25-2)16-21-22-17(23(16)20)26-9-10-4-3-5-13(18)15(10)19/h3-8H,9,20H2,1-2H3. The summed E-state index contributed by atoms with van der Waals surface area (Å²) in [5.41, 5.74) is 0.855. The van der Waals surface area contributed by atoms with Gasteiger partial charge < -0.3 is 15.3 Å². The molecule has 0 spiro atoms. The van der Waals surface area contributed by atoms with E-state index in [1.54, 1.807) is 25.3 Å². The van der Waals surface area contributed by atoms with E-state index in [-0.39, 0.29) is 11.3 Å². The van der Waals surface area contributed by atoms with E-state index in [0.29, 0.717) is 28.0 Å². The fourth-order valence-electron chi connectivity index (χ4n) is 2.34. The lowest BCUT2D eigenvalue weighted by Gasteiger charge is -2.10. The van der Waals surface area contributed by atoms with Gasteiger partial charge in [0.2, 0.25) is 5.16 Å². The van der Waals surface area contributed by atoms with Crippen LogP contribution in [0.4, 0.5) is 8.78 Å². The maximum Gasteiger partial charge on any atom is 0.210 e. The minimum atomic E-state index is -0.888. The number of thioether (sulfide) groups is 1. The summed E-state index contributed by atoms with van der Waals surface area (Å²) in [4.78, 5) is 0. The highest BCUT2D eigenvalue weighted by Gasteiger charge is 2.17. The van der Waals surface area contributed by atoms with Crippen molar-refractivity contribution in [3.63, 3.8) is 0 Å². The maximum atomic E-state index is 13.8. The molecule has 0 saturated heterocycles. The SMILES string of the molecule is COc1ccc(-c2nnc(SCc3cccc(F)c3F)n2N)c(OC)c1. The number of nitrogens with zero attached hydrogens (tertiary/aromatic N) is 3. The Morgan fingerprint density at radius 1 is 1.12 bits per heavy atom. The Morgan fingerprint density at radius 3 is 2.65 bits per heavy atom. The molecule has 0 atom stereocenters. The Morgan fingerprint density at radius 2 is 1.92 bits per heavy atom. The van der Waals surface area contributed by atoms with Crippen molar-refractivity contribution in [3.8, 4) is 22.9 Å². The average Bonchev–Trinajstić information content (AvgIpc) is 3.02. The molecular formula is C17H16F2N4O2S. The molecule has 0 fully saturated rings. The molecular weight excluding hydrogens is 362 g/mol. The maximum absolute atomic E-state index is 13.8. The number of methoxy groups -OCH3 is 2. The van der Waals surface area contributed by atoms with Crippen molar-refractivity contribution in [1.29, 1.82) is 0 Å².